The van der Waals surface area contributed by atoms with Crippen molar-refractivity contribution >= 4 is 52.2 Å². The number of rotatable bonds is 4. The molecule has 0 spiro atoms. The number of hydrogen-bond acceptors (Lipinski definition) is 4. The minimum absolute atomic E-state index is 0.0126. The Morgan fingerprint density at radius 1 is 1.12 bits per heavy atom. The summed E-state index contributed by atoms with van der Waals surface area (Å²) >= 11 is 5.32. The number of anilines is 2. The Hall–Kier alpha value is -3.32. The van der Waals surface area contributed by atoms with E-state index in [0.717, 1.165) is 22.4 Å². The molecule has 0 bridgehead atoms. The number of benzene rings is 2. The quantitative estimate of drug-likeness (QED) is 0.372. The zero-order chi connectivity index (χ0) is 24.8. The SMILES string of the molecule is CCc1ccccc1N1C(=O)/C(=C\c2cc3c(cc2F)N(CC)C(C)(C)C=C3C)C(=O)NC1=S. The van der Waals surface area contributed by atoms with Gasteiger partial charge in [-0.3, -0.25) is 19.8 Å². The summed E-state index contributed by atoms with van der Waals surface area (Å²) in [4.78, 5) is 29.6. The zero-order valence-corrected chi connectivity index (χ0v) is 20.8. The van der Waals surface area contributed by atoms with Crippen molar-refractivity contribution in [3.8, 4) is 0 Å². The first-order valence-corrected chi connectivity index (χ1v) is 11.8. The average Bonchev–Trinajstić information content (AvgIpc) is 2.77. The van der Waals surface area contributed by atoms with Crippen LogP contribution < -0.4 is 15.1 Å². The molecule has 0 aromatic heterocycles. The van der Waals surface area contributed by atoms with Crippen molar-refractivity contribution < 1.29 is 14.0 Å². The lowest BCUT2D eigenvalue weighted by molar-refractivity contribution is -0.122. The first-order chi connectivity index (χ1) is 16.1. The van der Waals surface area contributed by atoms with E-state index in [1.165, 1.54) is 17.0 Å². The van der Waals surface area contributed by atoms with Crippen LogP contribution in [0.25, 0.3) is 11.6 Å². The number of likely N-dealkylation sites (N-methyl/N-ethyl adjacent to an activating group) is 1. The Bertz CT molecular complexity index is 1280. The lowest BCUT2D eigenvalue weighted by Crippen LogP contribution is -2.54. The third-order valence-corrected chi connectivity index (χ3v) is 6.71. The Labute approximate surface area is 204 Å². The fraction of sp³-hybridized carbons (Fsp3) is 0.296. The molecule has 2 aromatic carbocycles. The molecule has 1 N–H and O–H groups in total. The molecular weight excluding hydrogens is 449 g/mol. The summed E-state index contributed by atoms with van der Waals surface area (Å²) in [6.07, 6.45) is 4.15. The summed E-state index contributed by atoms with van der Waals surface area (Å²) in [5.74, 6) is -1.71. The molecule has 0 saturated carbocycles. The number of aryl methyl sites for hydroxylation is 1. The van der Waals surface area contributed by atoms with Crippen LogP contribution in [0.1, 0.15) is 51.3 Å². The third kappa shape index (κ3) is 3.94. The van der Waals surface area contributed by atoms with Crippen LogP contribution in [0.15, 0.2) is 48.0 Å². The smallest absolute Gasteiger partial charge is 0.270 e. The number of halogens is 1. The fourth-order valence-corrected chi connectivity index (χ4v) is 5.14. The highest BCUT2D eigenvalue weighted by Crippen LogP contribution is 2.40. The summed E-state index contributed by atoms with van der Waals surface area (Å²) in [7, 11) is 0. The summed E-state index contributed by atoms with van der Waals surface area (Å²) in [6.45, 7) is 10.9. The minimum atomic E-state index is -0.638. The van der Waals surface area contributed by atoms with Crippen molar-refractivity contribution in [2.45, 2.75) is 46.6 Å². The van der Waals surface area contributed by atoms with E-state index in [1.54, 1.807) is 12.1 Å². The molecule has 7 heteroatoms. The van der Waals surface area contributed by atoms with Crippen LogP contribution in [0.3, 0.4) is 0 Å². The van der Waals surface area contributed by atoms with E-state index in [9.17, 15) is 9.59 Å². The Morgan fingerprint density at radius 2 is 1.82 bits per heavy atom. The van der Waals surface area contributed by atoms with Gasteiger partial charge in [-0.05, 0) is 81.7 Å². The van der Waals surface area contributed by atoms with Crippen molar-refractivity contribution in [2.75, 3.05) is 16.3 Å². The van der Waals surface area contributed by atoms with Gasteiger partial charge in [0.05, 0.1) is 11.2 Å². The molecule has 0 unspecified atom stereocenters. The van der Waals surface area contributed by atoms with Crippen LogP contribution in [-0.2, 0) is 16.0 Å². The number of carbonyl (C=O) groups is 2. The van der Waals surface area contributed by atoms with Crippen LogP contribution in [-0.4, -0.2) is 29.0 Å². The highest BCUT2D eigenvalue weighted by atomic mass is 32.1. The molecule has 5 nitrogen and oxygen atoms in total. The second-order valence-corrected chi connectivity index (χ2v) is 9.44. The van der Waals surface area contributed by atoms with Gasteiger partial charge in [-0.1, -0.05) is 31.2 Å². The van der Waals surface area contributed by atoms with Gasteiger partial charge in [0.1, 0.15) is 11.4 Å². The Morgan fingerprint density at radius 3 is 2.50 bits per heavy atom. The standard InChI is InChI=1S/C27H28FN3O2S/c1-6-17-10-8-9-11-22(17)31-25(33)20(24(32)29-26(31)34)13-18-12-19-16(3)15-27(4,5)30(7-2)23(19)14-21(18)28/h8-15H,6-7H2,1-5H3,(H,29,32,34)/b20-13-. The molecule has 2 amide bonds. The van der Waals surface area contributed by atoms with Gasteiger partial charge < -0.3 is 4.90 Å². The van der Waals surface area contributed by atoms with E-state index in [1.807, 2.05) is 39.0 Å². The highest BCUT2D eigenvalue weighted by Gasteiger charge is 2.36. The van der Waals surface area contributed by atoms with Gasteiger partial charge in [0.15, 0.2) is 5.11 Å². The van der Waals surface area contributed by atoms with Gasteiger partial charge in [0.25, 0.3) is 11.8 Å². The van der Waals surface area contributed by atoms with E-state index in [0.29, 0.717) is 18.7 Å². The molecule has 1 saturated heterocycles. The number of allylic oxidation sites excluding steroid dienone is 1. The molecule has 0 radical (unpaired) electrons. The van der Waals surface area contributed by atoms with Crippen molar-refractivity contribution in [3.63, 3.8) is 0 Å². The number of fused-ring (bicyclic) bond motifs is 1. The van der Waals surface area contributed by atoms with E-state index in [-0.39, 0.29) is 21.8 Å². The Kier molecular flexibility index (Phi) is 6.16. The normalized spacial score (nSPS) is 18.7. The lowest BCUT2D eigenvalue weighted by atomic mass is 9.87. The Balaban J connectivity index is 1.81. The van der Waals surface area contributed by atoms with Gasteiger partial charge in [0, 0.05) is 23.4 Å². The predicted molar refractivity (Wildman–Crippen MR) is 139 cm³/mol. The minimum Gasteiger partial charge on any atom is -0.363 e. The number of hydrogen-bond donors (Lipinski definition) is 1. The van der Waals surface area contributed by atoms with E-state index >= 15 is 4.39 Å². The molecule has 4 rings (SSSR count). The maximum Gasteiger partial charge on any atom is 0.270 e. The molecule has 0 atom stereocenters. The summed E-state index contributed by atoms with van der Waals surface area (Å²) < 4.78 is 15.3. The number of amides is 2. The first-order valence-electron chi connectivity index (χ1n) is 11.4. The maximum absolute atomic E-state index is 15.3. The summed E-state index contributed by atoms with van der Waals surface area (Å²) in [5, 5.41) is 2.60. The summed E-state index contributed by atoms with van der Waals surface area (Å²) in [5.41, 5.74) is 3.98. The largest absolute Gasteiger partial charge is 0.363 e. The number of thiocarbonyl (C=S) groups is 1. The molecule has 2 aliphatic heterocycles. The van der Waals surface area contributed by atoms with Crippen LogP contribution in [0.2, 0.25) is 0 Å². The van der Waals surface area contributed by atoms with Crippen LogP contribution >= 0.6 is 12.2 Å². The van der Waals surface area contributed by atoms with Gasteiger partial charge in [-0.15, -0.1) is 0 Å². The number of nitrogens with one attached hydrogen (secondary N) is 1. The molecular formula is C27H28FN3O2S. The number of carbonyl (C=O) groups excluding carboxylic acids is 2. The first kappa shape index (κ1) is 23.8. The maximum atomic E-state index is 15.3. The van der Waals surface area contributed by atoms with E-state index in [4.69, 9.17) is 12.2 Å². The van der Waals surface area contributed by atoms with Crippen molar-refractivity contribution in [1.82, 2.24) is 5.32 Å². The van der Waals surface area contributed by atoms with Gasteiger partial charge >= 0.3 is 0 Å². The van der Waals surface area contributed by atoms with Crippen LogP contribution in [0.5, 0.6) is 0 Å². The van der Waals surface area contributed by atoms with Crippen molar-refractivity contribution in [1.29, 1.82) is 0 Å². The second kappa shape index (κ2) is 8.80. The summed E-state index contributed by atoms with van der Waals surface area (Å²) in [6, 6.07) is 10.6. The van der Waals surface area contributed by atoms with Crippen molar-refractivity contribution in [3.05, 3.63) is 70.6 Å². The fourth-order valence-electron chi connectivity index (χ4n) is 4.86. The molecule has 2 heterocycles. The average molecular weight is 478 g/mol. The number of para-hydroxylation sites is 1. The van der Waals surface area contributed by atoms with E-state index < -0.39 is 17.6 Å². The van der Waals surface area contributed by atoms with Crippen molar-refractivity contribution in [2.24, 2.45) is 0 Å². The van der Waals surface area contributed by atoms with Crippen LogP contribution in [0, 0.1) is 5.82 Å². The van der Waals surface area contributed by atoms with Gasteiger partial charge in [-0.25, -0.2) is 4.39 Å². The molecule has 34 heavy (non-hydrogen) atoms. The lowest BCUT2D eigenvalue weighted by Gasteiger charge is -2.43. The van der Waals surface area contributed by atoms with Gasteiger partial charge in [-0.2, -0.15) is 0 Å². The van der Waals surface area contributed by atoms with E-state index in [2.05, 4.69) is 30.1 Å². The number of nitrogens with zero attached hydrogens (tertiary/aromatic N) is 2. The topological polar surface area (TPSA) is 52.7 Å². The second-order valence-electron chi connectivity index (χ2n) is 9.06. The highest BCUT2D eigenvalue weighted by molar-refractivity contribution is 7.80. The predicted octanol–water partition coefficient (Wildman–Crippen LogP) is 5.24. The molecule has 0 aliphatic carbocycles. The molecule has 2 aliphatic rings. The van der Waals surface area contributed by atoms with Gasteiger partial charge in [0.2, 0.25) is 0 Å². The zero-order valence-electron chi connectivity index (χ0n) is 20.0. The molecule has 2 aromatic rings. The van der Waals surface area contributed by atoms with Crippen LogP contribution in [0.4, 0.5) is 15.8 Å². The molecule has 1 fully saturated rings. The molecule has 176 valence electrons. The monoisotopic (exact) mass is 477 g/mol. The third-order valence-electron chi connectivity index (χ3n) is 6.43.